The number of aliphatic hydroxyl groups is 1. The van der Waals surface area contributed by atoms with E-state index in [-0.39, 0.29) is 11.0 Å². The second-order valence-electron chi connectivity index (χ2n) is 10.1. The van der Waals surface area contributed by atoms with Crippen molar-refractivity contribution in [1.82, 2.24) is 0 Å². The van der Waals surface area contributed by atoms with Gasteiger partial charge >= 0.3 is 156 Å². The van der Waals surface area contributed by atoms with Crippen molar-refractivity contribution in [3.8, 4) is 0 Å². The normalized spacial score (nSPS) is 54.0. The Morgan fingerprint density at radius 2 is 1.71 bits per heavy atom. The third kappa shape index (κ3) is 2.42. The van der Waals surface area contributed by atoms with Crippen molar-refractivity contribution in [1.29, 1.82) is 0 Å². The van der Waals surface area contributed by atoms with Crippen LogP contribution >= 0.6 is 0 Å². The summed E-state index contributed by atoms with van der Waals surface area (Å²) in [5.74, 6) is 3.72. The van der Waals surface area contributed by atoms with Crippen LogP contribution in [0, 0.1) is 34.5 Å². The third-order valence-corrected chi connectivity index (χ3v) is 11.7. The number of hydrogen-bond donors (Lipinski definition) is 1. The van der Waals surface area contributed by atoms with E-state index in [0.717, 1.165) is 35.4 Å². The van der Waals surface area contributed by atoms with Crippen LogP contribution in [0.5, 0.6) is 0 Å². The summed E-state index contributed by atoms with van der Waals surface area (Å²) in [6.07, 6.45) is 14.0. The Balaban J connectivity index is 1.59. The van der Waals surface area contributed by atoms with Crippen LogP contribution in [0.25, 0.3) is 0 Å². The summed E-state index contributed by atoms with van der Waals surface area (Å²) < 4.78 is 0. The van der Waals surface area contributed by atoms with E-state index < -0.39 is 0 Å². The molecule has 0 amide bonds. The van der Waals surface area contributed by atoms with Crippen LogP contribution in [-0.4, -0.2) is 25.7 Å². The van der Waals surface area contributed by atoms with E-state index in [4.69, 9.17) is 0 Å². The second kappa shape index (κ2) is 6.28. The molecule has 0 bridgehead atoms. The average Bonchev–Trinajstić information content (AvgIpc) is 2.84. The van der Waals surface area contributed by atoms with E-state index in [0.29, 0.717) is 20.4 Å². The summed E-state index contributed by atoms with van der Waals surface area (Å²) in [5.41, 5.74) is 0.530. The molecule has 1 nitrogen and oxygen atoms in total. The van der Waals surface area contributed by atoms with Crippen LogP contribution in [0.2, 0.25) is 10.6 Å². The van der Waals surface area contributed by atoms with Crippen molar-refractivity contribution in [2.45, 2.75) is 101 Å². The molecule has 4 fully saturated rings. The van der Waals surface area contributed by atoms with Gasteiger partial charge < -0.3 is 0 Å². The molecular weight excluding hydrogens is 359 g/mol. The summed E-state index contributed by atoms with van der Waals surface area (Å²) in [5, 5.41) is 14.0. The monoisotopic (exact) mass is 398 g/mol. The molecule has 4 aliphatic rings. The Bertz CT molecular complexity index is 479. The molecular formula is C22H38OSe. The topological polar surface area (TPSA) is 20.2 Å². The van der Waals surface area contributed by atoms with Gasteiger partial charge in [0.1, 0.15) is 0 Å². The third-order valence-electron chi connectivity index (χ3n) is 9.45. The van der Waals surface area contributed by atoms with Crippen molar-refractivity contribution in [3.05, 3.63) is 0 Å². The van der Waals surface area contributed by atoms with Gasteiger partial charge in [0.15, 0.2) is 0 Å². The summed E-state index contributed by atoms with van der Waals surface area (Å²) in [6, 6.07) is 0. The van der Waals surface area contributed by atoms with E-state index in [1.807, 2.05) is 0 Å². The first kappa shape index (κ1) is 17.9. The molecule has 0 saturated heterocycles. The Morgan fingerprint density at radius 3 is 2.50 bits per heavy atom. The average molecular weight is 398 g/mol. The van der Waals surface area contributed by atoms with Gasteiger partial charge in [-0.2, -0.15) is 0 Å². The molecule has 138 valence electrons. The zero-order valence-corrected chi connectivity index (χ0v) is 17.9. The molecule has 0 radical (unpaired) electrons. The van der Waals surface area contributed by atoms with Gasteiger partial charge in [0.2, 0.25) is 0 Å². The van der Waals surface area contributed by atoms with Crippen molar-refractivity contribution in [3.63, 3.8) is 0 Å². The molecule has 4 saturated carbocycles. The van der Waals surface area contributed by atoms with Crippen LogP contribution in [0.4, 0.5) is 0 Å². The molecule has 0 aromatic carbocycles. The Labute approximate surface area is 155 Å². The van der Waals surface area contributed by atoms with Crippen LogP contribution < -0.4 is 0 Å². The van der Waals surface area contributed by atoms with Crippen LogP contribution in [0.15, 0.2) is 0 Å². The molecule has 0 spiro atoms. The fourth-order valence-electron chi connectivity index (χ4n) is 7.91. The fourth-order valence-corrected chi connectivity index (χ4v) is 10.0. The molecule has 4 rings (SSSR count). The molecule has 0 aromatic rings. The summed E-state index contributed by atoms with van der Waals surface area (Å²) >= 11 is 0.635. The first-order chi connectivity index (χ1) is 11.4. The molecule has 4 aliphatic carbocycles. The zero-order chi connectivity index (χ0) is 17.0. The van der Waals surface area contributed by atoms with Gasteiger partial charge in [-0.15, -0.1) is 0 Å². The van der Waals surface area contributed by atoms with E-state index in [1.54, 1.807) is 0 Å². The van der Waals surface area contributed by atoms with Gasteiger partial charge in [0.25, 0.3) is 0 Å². The van der Waals surface area contributed by atoms with E-state index in [2.05, 4.69) is 20.8 Å². The van der Waals surface area contributed by atoms with E-state index >= 15 is 0 Å². The molecule has 1 N–H and O–H groups in total. The van der Waals surface area contributed by atoms with Crippen molar-refractivity contribution >= 4 is 15.0 Å². The number of fused-ring (bicyclic) bond motifs is 5. The van der Waals surface area contributed by atoms with E-state index in [9.17, 15) is 5.11 Å². The minimum atomic E-state index is -0.330. The van der Waals surface area contributed by atoms with Gasteiger partial charge in [-0.1, -0.05) is 0 Å². The van der Waals surface area contributed by atoms with Gasteiger partial charge in [-0.05, 0) is 0 Å². The second-order valence-corrected chi connectivity index (χ2v) is 12.7. The molecule has 0 heterocycles. The Morgan fingerprint density at radius 1 is 0.917 bits per heavy atom. The quantitative estimate of drug-likeness (QED) is 0.605. The molecule has 0 aliphatic heterocycles. The van der Waals surface area contributed by atoms with Gasteiger partial charge in [0, 0.05) is 0 Å². The molecule has 7 atom stereocenters. The molecule has 4 unspecified atom stereocenters. The molecule has 24 heavy (non-hydrogen) atoms. The van der Waals surface area contributed by atoms with E-state index in [1.165, 1.54) is 63.1 Å². The molecule has 0 aromatic heterocycles. The predicted molar refractivity (Wildman–Crippen MR) is 102 cm³/mol. The summed E-state index contributed by atoms with van der Waals surface area (Å²) in [6.45, 7) is 7.44. The van der Waals surface area contributed by atoms with Crippen LogP contribution in [0.1, 0.15) is 85.0 Å². The maximum absolute atomic E-state index is 11.6. The first-order valence-electron chi connectivity index (χ1n) is 10.7. The summed E-state index contributed by atoms with van der Waals surface area (Å²) in [7, 11) is 0. The SMILES string of the molecule is CC[Se]C[C@]1(O)CCC2C3CCC4CCCC[C@]4(C)C3CC[C@@]21C. The molecule has 2 heteroatoms. The zero-order valence-electron chi connectivity index (χ0n) is 16.2. The van der Waals surface area contributed by atoms with Crippen molar-refractivity contribution in [2.24, 2.45) is 34.5 Å². The Hall–Kier alpha value is 0.479. The van der Waals surface area contributed by atoms with Gasteiger partial charge in [-0.3, -0.25) is 0 Å². The fraction of sp³-hybridized carbons (Fsp3) is 1.00. The van der Waals surface area contributed by atoms with Crippen molar-refractivity contribution < 1.29 is 5.11 Å². The minimum absolute atomic E-state index is 0.225. The standard InChI is InChI=1S/C22H38OSe/c1-4-24-15-22(23)14-11-19-17-9-8-16-7-5-6-12-20(16,2)18(17)10-13-21(19,22)3/h16-19,23H,4-15H2,1-3H3/t16?,17?,18?,19?,20-,21-,22+/m0/s1. The van der Waals surface area contributed by atoms with Gasteiger partial charge in [0.05, 0.1) is 0 Å². The number of hydrogen-bond acceptors (Lipinski definition) is 1. The number of rotatable bonds is 3. The first-order valence-corrected chi connectivity index (χ1v) is 13.2. The predicted octanol–water partition coefficient (Wildman–Crippen LogP) is 5.71. The summed E-state index contributed by atoms with van der Waals surface area (Å²) in [4.78, 5) is 0. The van der Waals surface area contributed by atoms with Crippen LogP contribution in [-0.2, 0) is 0 Å². The van der Waals surface area contributed by atoms with Crippen molar-refractivity contribution in [2.75, 3.05) is 0 Å². The maximum atomic E-state index is 11.6. The van der Waals surface area contributed by atoms with Gasteiger partial charge in [-0.25, -0.2) is 0 Å². The Kier molecular flexibility index (Phi) is 4.67. The van der Waals surface area contributed by atoms with Crippen LogP contribution in [0.3, 0.4) is 0 Å².